The number of nitrogens with one attached hydrogen (secondary N) is 1. The summed E-state index contributed by atoms with van der Waals surface area (Å²) < 4.78 is 12.0. The van der Waals surface area contributed by atoms with Gasteiger partial charge in [-0.2, -0.15) is 0 Å². The summed E-state index contributed by atoms with van der Waals surface area (Å²) in [5.41, 5.74) is 1.92. The highest BCUT2D eigenvalue weighted by molar-refractivity contribution is 9.10. The van der Waals surface area contributed by atoms with Crippen molar-refractivity contribution in [1.82, 2.24) is 4.98 Å². The van der Waals surface area contributed by atoms with Crippen LogP contribution in [0.5, 0.6) is 11.5 Å². The first-order chi connectivity index (χ1) is 15.7. The second kappa shape index (κ2) is 11.5. The molecule has 0 radical (unpaired) electrons. The van der Waals surface area contributed by atoms with Crippen LogP contribution in [0.3, 0.4) is 0 Å². The first kappa shape index (κ1) is 25.0. The van der Waals surface area contributed by atoms with E-state index in [4.69, 9.17) is 37.8 Å². The molecular weight excluding hydrogens is 555 g/mol. The molecule has 1 heterocycles. The van der Waals surface area contributed by atoms with Gasteiger partial charge in [-0.3, -0.25) is 14.9 Å². The largest absolute Gasteiger partial charge is 0.493 e. The van der Waals surface area contributed by atoms with Crippen molar-refractivity contribution in [2.45, 2.75) is 13.0 Å². The quantitative estimate of drug-likeness (QED) is 0.302. The van der Waals surface area contributed by atoms with Crippen LogP contribution >= 0.6 is 50.5 Å². The van der Waals surface area contributed by atoms with Crippen LogP contribution in [-0.4, -0.2) is 29.1 Å². The Labute approximate surface area is 212 Å². The molecule has 3 rings (SSSR count). The van der Waals surface area contributed by atoms with Crippen molar-refractivity contribution in [1.29, 1.82) is 0 Å². The minimum Gasteiger partial charge on any atom is -0.493 e. The predicted molar refractivity (Wildman–Crippen MR) is 133 cm³/mol. The Balaban J connectivity index is 1.67. The highest BCUT2D eigenvalue weighted by Crippen LogP contribution is 2.37. The number of aromatic nitrogens is 1. The minimum atomic E-state index is -0.984. The average molecular weight is 572 g/mol. The van der Waals surface area contributed by atoms with Crippen LogP contribution in [0.2, 0.25) is 10.0 Å². The smallest absolute Gasteiger partial charge is 0.309 e. The van der Waals surface area contributed by atoms with Gasteiger partial charge in [-0.15, -0.1) is 11.3 Å². The van der Waals surface area contributed by atoms with E-state index in [2.05, 4.69) is 26.2 Å². The number of rotatable bonds is 9. The number of thiazole rings is 1. The van der Waals surface area contributed by atoms with E-state index >= 15 is 0 Å². The number of halogens is 3. The Bertz CT molecular complexity index is 1220. The summed E-state index contributed by atoms with van der Waals surface area (Å²) in [5, 5.41) is 14.2. The van der Waals surface area contributed by atoms with Gasteiger partial charge in [0.05, 0.1) is 33.7 Å². The number of carboxylic acids is 1. The number of hydrogen-bond acceptors (Lipinski definition) is 6. The van der Waals surface area contributed by atoms with Crippen LogP contribution in [0.1, 0.15) is 16.8 Å². The van der Waals surface area contributed by atoms with Crippen LogP contribution in [0.15, 0.2) is 46.3 Å². The second-order valence-corrected chi connectivity index (χ2v) is 9.14. The van der Waals surface area contributed by atoms with E-state index in [1.165, 1.54) is 13.2 Å². The maximum Gasteiger partial charge on any atom is 0.309 e. The van der Waals surface area contributed by atoms with Crippen LogP contribution in [-0.2, 0) is 22.6 Å². The predicted octanol–water partition coefficient (Wildman–Crippen LogP) is 6.08. The Hall–Kier alpha value is -2.59. The molecule has 1 amide bonds. The van der Waals surface area contributed by atoms with Crippen molar-refractivity contribution in [2.75, 3.05) is 12.4 Å². The van der Waals surface area contributed by atoms with Gasteiger partial charge in [-0.1, -0.05) is 29.3 Å². The summed E-state index contributed by atoms with van der Waals surface area (Å²) in [4.78, 5) is 27.0. The molecule has 172 valence electrons. The number of methoxy groups -OCH3 is 1. The molecule has 0 bridgehead atoms. The average Bonchev–Trinajstić information content (AvgIpc) is 3.19. The molecule has 0 saturated heterocycles. The number of benzene rings is 2. The number of carbonyl (C=O) groups is 2. The highest BCUT2D eigenvalue weighted by Gasteiger charge is 2.12. The molecule has 33 heavy (non-hydrogen) atoms. The molecule has 0 unspecified atom stereocenters. The fourth-order valence-corrected chi connectivity index (χ4v) is 4.29. The third kappa shape index (κ3) is 7.20. The number of anilines is 1. The Morgan fingerprint density at radius 3 is 2.73 bits per heavy atom. The van der Waals surface area contributed by atoms with Gasteiger partial charge in [-0.25, -0.2) is 4.98 Å². The number of amides is 1. The van der Waals surface area contributed by atoms with Crippen molar-refractivity contribution >= 4 is 73.6 Å². The Kier molecular flexibility index (Phi) is 8.74. The van der Waals surface area contributed by atoms with E-state index in [9.17, 15) is 9.59 Å². The number of carboxylic acid groups (broad SMARTS) is 1. The van der Waals surface area contributed by atoms with E-state index in [0.717, 1.165) is 16.9 Å². The highest BCUT2D eigenvalue weighted by atomic mass is 79.9. The molecular formula is C22H17BrCl2N2O5S. The topological polar surface area (TPSA) is 97.8 Å². The molecule has 1 aromatic heterocycles. The Morgan fingerprint density at radius 2 is 2.03 bits per heavy atom. The van der Waals surface area contributed by atoms with Gasteiger partial charge < -0.3 is 14.6 Å². The monoisotopic (exact) mass is 570 g/mol. The second-order valence-electron chi connectivity index (χ2n) is 6.61. The lowest BCUT2D eigenvalue weighted by molar-refractivity contribution is -0.136. The van der Waals surface area contributed by atoms with E-state index in [0.29, 0.717) is 42.4 Å². The van der Waals surface area contributed by atoms with Crippen LogP contribution in [0.4, 0.5) is 5.13 Å². The summed E-state index contributed by atoms with van der Waals surface area (Å²) in [6.07, 6.45) is 2.75. The summed E-state index contributed by atoms with van der Waals surface area (Å²) in [7, 11) is 1.52. The lowest BCUT2D eigenvalue weighted by Gasteiger charge is -2.14. The van der Waals surface area contributed by atoms with E-state index in [1.807, 2.05) is 6.07 Å². The minimum absolute atomic E-state index is 0.199. The van der Waals surface area contributed by atoms with Crippen molar-refractivity contribution < 1.29 is 24.2 Å². The molecule has 0 atom stereocenters. The van der Waals surface area contributed by atoms with Crippen molar-refractivity contribution in [3.8, 4) is 11.5 Å². The van der Waals surface area contributed by atoms with E-state index < -0.39 is 11.9 Å². The zero-order chi connectivity index (χ0) is 24.0. The Morgan fingerprint density at radius 1 is 1.24 bits per heavy atom. The number of carbonyl (C=O) groups excluding carboxylic acids is 1. The fraction of sp³-hybridized carbons (Fsp3) is 0.136. The molecule has 0 spiro atoms. The van der Waals surface area contributed by atoms with Crippen LogP contribution < -0.4 is 14.8 Å². The summed E-state index contributed by atoms with van der Waals surface area (Å²) in [6, 6.07) is 8.76. The van der Waals surface area contributed by atoms with Gasteiger partial charge in [-0.05, 0) is 57.4 Å². The van der Waals surface area contributed by atoms with Crippen LogP contribution in [0.25, 0.3) is 6.08 Å². The number of aliphatic carboxylic acids is 1. The molecule has 2 N–H and O–H groups in total. The number of hydrogen-bond donors (Lipinski definition) is 2. The normalized spacial score (nSPS) is 10.9. The van der Waals surface area contributed by atoms with Crippen molar-refractivity contribution in [2.24, 2.45) is 0 Å². The molecule has 11 heteroatoms. The zero-order valence-corrected chi connectivity index (χ0v) is 21.0. The van der Waals surface area contributed by atoms with Crippen LogP contribution in [0, 0.1) is 0 Å². The molecule has 0 aliphatic rings. The first-order valence-electron chi connectivity index (χ1n) is 9.34. The standard InChI is InChI=1S/C22H17BrCl2N2O5S/c1-31-18-8-12(3-5-19(28)27-22-26-14(11-33-22)9-20(29)30)6-15(23)21(18)32-10-13-2-4-16(24)17(25)7-13/h2-8,11H,9-10H2,1H3,(H,29,30)(H,26,27,28)/b5-3+. The van der Waals surface area contributed by atoms with Gasteiger partial charge in [0.15, 0.2) is 16.6 Å². The SMILES string of the molecule is COc1cc(/C=C/C(=O)Nc2nc(CC(=O)O)cs2)cc(Br)c1OCc1ccc(Cl)c(Cl)c1. The lowest BCUT2D eigenvalue weighted by atomic mass is 10.2. The van der Waals surface area contributed by atoms with Gasteiger partial charge >= 0.3 is 5.97 Å². The van der Waals surface area contributed by atoms with Crippen molar-refractivity contribution in [3.63, 3.8) is 0 Å². The lowest BCUT2D eigenvalue weighted by Crippen LogP contribution is -2.08. The maximum absolute atomic E-state index is 12.2. The molecule has 2 aromatic carbocycles. The third-order valence-electron chi connectivity index (χ3n) is 4.16. The summed E-state index contributed by atoms with van der Waals surface area (Å²) in [6.45, 7) is 0.251. The number of ether oxygens (including phenoxy) is 2. The van der Waals surface area contributed by atoms with Gasteiger partial charge in [0, 0.05) is 11.5 Å². The molecule has 0 saturated carbocycles. The first-order valence-corrected chi connectivity index (χ1v) is 11.8. The maximum atomic E-state index is 12.2. The van der Waals surface area contributed by atoms with E-state index in [-0.39, 0.29) is 13.0 Å². The number of nitrogens with zero attached hydrogens (tertiary/aromatic N) is 1. The van der Waals surface area contributed by atoms with Gasteiger partial charge in [0.2, 0.25) is 5.91 Å². The molecule has 0 aliphatic heterocycles. The third-order valence-corrected chi connectivity index (χ3v) is 6.29. The summed E-state index contributed by atoms with van der Waals surface area (Å²) >= 11 is 16.6. The summed E-state index contributed by atoms with van der Waals surface area (Å²) in [5.74, 6) is -0.412. The van der Waals surface area contributed by atoms with Gasteiger partial charge in [0.25, 0.3) is 0 Å². The van der Waals surface area contributed by atoms with E-state index in [1.54, 1.807) is 35.7 Å². The molecule has 3 aromatic rings. The molecule has 7 nitrogen and oxygen atoms in total. The van der Waals surface area contributed by atoms with Gasteiger partial charge in [0.1, 0.15) is 6.61 Å². The molecule has 0 fully saturated rings. The van der Waals surface area contributed by atoms with Crippen molar-refractivity contribution in [3.05, 3.63) is 73.1 Å². The fourth-order valence-electron chi connectivity index (χ4n) is 2.68. The zero-order valence-electron chi connectivity index (χ0n) is 17.1. The molecule has 0 aliphatic carbocycles.